The van der Waals surface area contributed by atoms with E-state index in [9.17, 15) is 0 Å². The highest BCUT2D eigenvalue weighted by Crippen LogP contribution is 2.56. The molecule has 2 aromatic rings. The van der Waals surface area contributed by atoms with Crippen molar-refractivity contribution in [1.29, 1.82) is 0 Å². The van der Waals surface area contributed by atoms with Crippen molar-refractivity contribution in [3.63, 3.8) is 0 Å². The van der Waals surface area contributed by atoms with Crippen LogP contribution in [0.5, 0.6) is 0 Å². The molecule has 3 rings (SSSR count). The number of thioether (sulfide) groups is 2. The van der Waals surface area contributed by atoms with Crippen LogP contribution in [0.4, 0.5) is 0 Å². The Bertz CT molecular complexity index is 528. The van der Waals surface area contributed by atoms with Crippen LogP contribution in [0.2, 0.25) is 0 Å². The van der Waals surface area contributed by atoms with E-state index in [0.29, 0.717) is 0 Å². The lowest BCUT2D eigenvalue weighted by Gasteiger charge is -2.28. The molecule has 1 heterocycles. The summed E-state index contributed by atoms with van der Waals surface area (Å²) >= 11 is 4.14. The van der Waals surface area contributed by atoms with Gasteiger partial charge < -0.3 is 0 Å². The van der Waals surface area contributed by atoms with E-state index in [0.717, 1.165) is 0 Å². The van der Waals surface area contributed by atoms with Gasteiger partial charge >= 0.3 is 0 Å². The summed E-state index contributed by atoms with van der Waals surface area (Å²) < 4.78 is 0.104. The third-order valence-electron chi connectivity index (χ3n) is 3.25. The molecule has 0 atom stereocenters. The van der Waals surface area contributed by atoms with Crippen LogP contribution in [0.3, 0.4) is 0 Å². The molecule has 2 aromatic carbocycles. The van der Waals surface area contributed by atoms with Crippen LogP contribution in [0.15, 0.2) is 54.6 Å². The Hall–Kier alpha value is -0.860. The predicted octanol–water partition coefficient (Wildman–Crippen LogP) is 4.68. The maximum absolute atomic E-state index is 2.33. The quantitative estimate of drug-likeness (QED) is 0.779. The van der Waals surface area contributed by atoms with Gasteiger partial charge in [-0.05, 0) is 18.1 Å². The van der Waals surface area contributed by atoms with Crippen molar-refractivity contribution < 1.29 is 0 Å². The van der Waals surface area contributed by atoms with Crippen LogP contribution in [0.1, 0.15) is 16.7 Å². The van der Waals surface area contributed by atoms with Gasteiger partial charge in [0.05, 0.1) is 0 Å². The van der Waals surface area contributed by atoms with E-state index in [-0.39, 0.29) is 4.08 Å². The van der Waals surface area contributed by atoms with Crippen LogP contribution >= 0.6 is 23.5 Å². The highest BCUT2D eigenvalue weighted by atomic mass is 32.2. The number of rotatable bonds is 2. The fourth-order valence-electron chi connectivity index (χ4n) is 2.42. The third kappa shape index (κ3) is 2.08. The second-order valence-corrected chi connectivity index (χ2v) is 7.43. The van der Waals surface area contributed by atoms with Crippen molar-refractivity contribution in [2.45, 2.75) is 11.0 Å². The van der Waals surface area contributed by atoms with Crippen LogP contribution in [-0.4, -0.2) is 11.5 Å². The van der Waals surface area contributed by atoms with Crippen molar-refractivity contribution in [3.8, 4) is 0 Å². The standard InChI is InChI=1S/C16H16S2/c1-13-6-5-9-15(12-13)16(17-10-11-18-16)14-7-3-2-4-8-14/h2-9,12H,10-11H2,1H3. The first-order valence-corrected chi connectivity index (χ1v) is 8.19. The van der Waals surface area contributed by atoms with Crippen LogP contribution in [0, 0.1) is 6.92 Å². The zero-order valence-corrected chi connectivity index (χ0v) is 12.1. The first-order valence-electron chi connectivity index (χ1n) is 6.22. The summed E-state index contributed by atoms with van der Waals surface area (Å²) in [6, 6.07) is 19.8. The van der Waals surface area contributed by atoms with Crippen LogP contribution < -0.4 is 0 Å². The van der Waals surface area contributed by atoms with Gasteiger partial charge in [0.2, 0.25) is 0 Å². The van der Waals surface area contributed by atoms with E-state index in [4.69, 9.17) is 0 Å². The molecule has 0 spiro atoms. The molecule has 0 saturated carbocycles. The maximum atomic E-state index is 2.33. The molecule has 2 heteroatoms. The zero-order valence-electron chi connectivity index (χ0n) is 10.4. The largest absolute Gasteiger partial charge is 0.134 e. The molecule has 0 amide bonds. The number of hydrogen-bond acceptors (Lipinski definition) is 2. The molecule has 92 valence electrons. The molecule has 0 bridgehead atoms. The minimum absolute atomic E-state index is 0.104. The van der Waals surface area contributed by atoms with E-state index < -0.39 is 0 Å². The summed E-state index contributed by atoms with van der Waals surface area (Å²) in [5, 5.41) is 0. The average molecular weight is 272 g/mol. The normalized spacial score (nSPS) is 17.8. The summed E-state index contributed by atoms with van der Waals surface area (Å²) in [4.78, 5) is 0. The van der Waals surface area contributed by atoms with Gasteiger partial charge in [0.25, 0.3) is 0 Å². The highest BCUT2D eigenvalue weighted by molar-refractivity contribution is 8.20. The summed E-state index contributed by atoms with van der Waals surface area (Å²) in [6.45, 7) is 2.17. The van der Waals surface area contributed by atoms with Gasteiger partial charge in [0.15, 0.2) is 0 Å². The Balaban J connectivity index is 2.13. The SMILES string of the molecule is Cc1cccc(C2(c3ccccc3)SCCS2)c1. The monoisotopic (exact) mass is 272 g/mol. The van der Waals surface area contributed by atoms with Crippen molar-refractivity contribution in [2.24, 2.45) is 0 Å². The third-order valence-corrected chi connectivity index (χ3v) is 6.78. The molecule has 0 aliphatic carbocycles. The average Bonchev–Trinajstić information content (AvgIpc) is 2.90. The summed E-state index contributed by atoms with van der Waals surface area (Å²) in [7, 11) is 0. The lowest BCUT2D eigenvalue weighted by atomic mass is 10.0. The van der Waals surface area contributed by atoms with Crippen LogP contribution in [-0.2, 0) is 4.08 Å². The van der Waals surface area contributed by atoms with Gasteiger partial charge in [0, 0.05) is 11.5 Å². The number of hydrogen-bond donors (Lipinski definition) is 0. The van der Waals surface area contributed by atoms with E-state index in [2.05, 4.69) is 85.0 Å². The Morgan fingerprint density at radius 3 is 2.17 bits per heavy atom. The van der Waals surface area contributed by atoms with Gasteiger partial charge in [-0.15, -0.1) is 23.5 Å². The first kappa shape index (κ1) is 12.2. The molecular formula is C16H16S2. The van der Waals surface area contributed by atoms with Gasteiger partial charge in [-0.25, -0.2) is 0 Å². The fraction of sp³-hybridized carbons (Fsp3) is 0.250. The molecule has 0 nitrogen and oxygen atoms in total. The Morgan fingerprint density at radius 1 is 0.833 bits per heavy atom. The van der Waals surface area contributed by atoms with Crippen molar-refractivity contribution in [1.82, 2.24) is 0 Å². The summed E-state index contributed by atoms with van der Waals surface area (Å²) in [6.07, 6.45) is 0. The molecule has 18 heavy (non-hydrogen) atoms. The first-order chi connectivity index (χ1) is 8.81. The van der Waals surface area contributed by atoms with E-state index in [1.54, 1.807) is 0 Å². The second-order valence-electron chi connectivity index (χ2n) is 4.55. The van der Waals surface area contributed by atoms with Crippen molar-refractivity contribution in [3.05, 3.63) is 71.3 Å². The van der Waals surface area contributed by atoms with Crippen molar-refractivity contribution >= 4 is 23.5 Å². The van der Waals surface area contributed by atoms with Gasteiger partial charge in [-0.3, -0.25) is 0 Å². The molecule has 0 unspecified atom stereocenters. The summed E-state index contributed by atoms with van der Waals surface area (Å²) in [5.74, 6) is 2.46. The minimum atomic E-state index is 0.104. The van der Waals surface area contributed by atoms with E-state index in [1.165, 1.54) is 28.2 Å². The molecule has 0 radical (unpaired) electrons. The van der Waals surface area contributed by atoms with Crippen LogP contribution in [0.25, 0.3) is 0 Å². The molecule has 1 saturated heterocycles. The van der Waals surface area contributed by atoms with Gasteiger partial charge in [-0.1, -0.05) is 60.2 Å². The predicted molar refractivity (Wildman–Crippen MR) is 83.3 cm³/mol. The highest BCUT2D eigenvalue weighted by Gasteiger charge is 2.39. The Labute approximate surface area is 117 Å². The molecule has 1 aliphatic heterocycles. The molecule has 0 aromatic heterocycles. The van der Waals surface area contributed by atoms with Crippen molar-refractivity contribution in [2.75, 3.05) is 11.5 Å². The second kappa shape index (κ2) is 5.02. The molecule has 1 aliphatic rings. The lowest BCUT2D eigenvalue weighted by molar-refractivity contribution is 1.08. The maximum Gasteiger partial charge on any atom is 0.111 e. The molecule has 1 fully saturated rings. The number of benzene rings is 2. The zero-order chi connectivity index (χ0) is 12.4. The van der Waals surface area contributed by atoms with E-state index >= 15 is 0 Å². The van der Waals surface area contributed by atoms with Gasteiger partial charge in [0.1, 0.15) is 4.08 Å². The summed E-state index contributed by atoms with van der Waals surface area (Å²) in [5.41, 5.74) is 4.19. The fourth-order valence-corrected chi connectivity index (χ4v) is 5.69. The number of aryl methyl sites for hydroxylation is 1. The molecular weight excluding hydrogens is 256 g/mol. The smallest absolute Gasteiger partial charge is 0.111 e. The van der Waals surface area contributed by atoms with E-state index in [1.807, 2.05) is 0 Å². The minimum Gasteiger partial charge on any atom is -0.134 e. The lowest BCUT2D eigenvalue weighted by Crippen LogP contribution is -2.16. The Kier molecular flexibility index (Phi) is 3.40. The Morgan fingerprint density at radius 2 is 1.50 bits per heavy atom. The van der Waals surface area contributed by atoms with Gasteiger partial charge in [-0.2, -0.15) is 0 Å². The topological polar surface area (TPSA) is 0 Å². The molecule has 0 N–H and O–H groups in total.